The average molecular weight is 528 g/mol. The first-order chi connectivity index (χ1) is 18.5. The lowest BCUT2D eigenvalue weighted by Crippen LogP contribution is -2.54. The normalized spacial score (nSPS) is 26.8. The number of carbonyl (C=O) groups excluding carboxylic acids is 3. The van der Waals surface area contributed by atoms with Crippen LogP contribution < -0.4 is 15.4 Å². The van der Waals surface area contributed by atoms with Gasteiger partial charge in [-0.05, 0) is 62.6 Å². The summed E-state index contributed by atoms with van der Waals surface area (Å²) in [5.74, 6) is 0.817. The van der Waals surface area contributed by atoms with Crippen molar-refractivity contribution < 1.29 is 28.6 Å². The van der Waals surface area contributed by atoms with Crippen molar-refractivity contribution in [3.05, 3.63) is 23.8 Å². The fourth-order valence-electron chi connectivity index (χ4n) is 6.24. The Morgan fingerprint density at radius 3 is 2.61 bits per heavy atom. The van der Waals surface area contributed by atoms with E-state index in [2.05, 4.69) is 10.6 Å². The van der Waals surface area contributed by atoms with E-state index in [1.807, 2.05) is 0 Å². The number of hydrogen-bond donors (Lipinski definition) is 2. The van der Waals surface area contributed by atoms with Crippen LogP contribution in [-0.4, -0.2) is 74.3 Å². The van der Waals surface area contributed by atoms with Crippen LogP contribution in [0.25, 0.3) is 0 Å². The number of hydrogen-bond acceptors (Lipinski definition) is 6. The van der Waals surface area contributed by atoms with E-state index in [0.717, 1.165) is 13.0 Å². The SMILES string of the molecule is CN1C(=O)c2cc(NC(=O)C3CCOCC3)ccc2OC[C@@H]2O[C@H](CC(=O)NCC3CCCCC3)CC[C@H]21. The predicted octanol–water partition coefficient (Wildman–Crippen LogP) is 3.52. The van der Waals surface area contributed by atoms with Gasteiger partial charge in [-0.3, -0.25) is 14.4 Å². The number of rotatable bonds is 6. The molecule has 0 bridgehead atoms. The molecular weight excluding hydrogens is 486 g/mol. The molecule has 0 spiro atoms. The fraction of sp³-hybridized carbons (Fsp3) is 0.690. The number of carbonyl (C=O) groups is 3. The molecular formula is C29H41N3O6. The molecule has 1 aromatic carbocycles. The molecule has 1 aliphatic carbocycles. The lowest BCUT2D eigenvalue weighted by molar-refractivity contribution is -0.134. The molecule has 3 fully saturated rings. The third kappa shape index (κ3) is 6.49. The molecule has 208 valence electrons. The first-order valence-corrected chi connectivity index (χ1v) is 14.3. The number of nitrogens with zero attached hydrogens (tertiary/aromatic N) is 1. The molecule has 3 amide bonds. The summed E-state index contributed by atoms with van der Waals surface area (Å²) in [6, 6.07) is 5.07. The minimum Gasteiger partial charge on any atom is -0.490 e. The van der Waals surface area contributed by atoms with Gasteiger partial charge in [-0.25, -0.2) is 0 Å². The summed E-state index contributed by atoms with van der Waals surface area (Å²) in [4.78, 5) is 40.5. The smallest absolute Gasteiger partial charge is 0.257 e. The van der Waals surface area contributed by atoms with Gasteiger partial charge in [0, 0.05) is 38.4 Å². The maximum absolute atomic E-state index is 13.5. The maximum atomic E-state index is 13.5. The summed E-state index contributed by atoms with van der Waals surface area (Å²) in [7, 11) is 1.79. The van der Waals surface area contributed by atoms with E-state index < -0.39 is 0 Å². The Hall–Kier alpha value is -2.65. The number of ether oxygens (including phenoxy) is 3. The van der Waals surface area contributed by atoms with Crippen molar-refractivity contribution in [2.45, 2.75) is 82.5 Å². The van der Waals surface area contributed by atoms with Crippen molar-refractivity contribution in [1.29, 1.82) is 0 Å². The van der Waals surface area contributed by atoms with Crippen LogP contribution in [0.3, 0.4) is 0 Å². The van der Waals surface area contributed by atoms with Gasteiger partial charge in [0.05, 0.1) is 24.1 Å². The van der Waals surface area contributed by atoms with Gasteiger partial charge < -0.3 is 29.7 Å². The highest BCUT2D eigenvalue weighted by Gasteiger charge is 2.39. The summed E-state index contributed by atoms with van der Waals surface area (Å²) < 4.78 is 17.7. The van der Waals surface area contributed by atoms with Crippen LogP contribution in [0.4, 0.5) is 5.69 Å². The van der Waals surface area contributed by atoms with E-state index in [-0.39, 0.29) is 41.9 Å². The maximum Gasteiger partial charge on any atom is 0.257 e. The van der Waals surface area contributed by atoms with E-state index in [1.165, 1.54) is 32.1 Å². The molecule has 9 heteroatoms. The number of likely N-dealkylation sites (N-methyl/N-ethyl adjacent to an activating group) is 1. The second-order valence-corrected chi connectivity index (χ2v) is 11.3. The zero-order valence-corrected chi connectivity index (χ0v) is 22.4. The average Bonchev–Trinajstić information content (AvgIpc) is 2.95. The van der Waals surface area contributed by atoms with Gasteiger partial charge in [0.25, 0.3) is 5.91 Å². The Morgan fingerprint density at radius 1 is 1.03 bits per heavy atom. The highest BCUT2D eigenvalue weighted by molar-refractivity contribution is 6.00. The molecule has 0 aromatic heterocycles. The molecule has 3 aliphatic heterocycles. The molecule has 38 heavy (non-hydrogen) atoms. The summed E-state index contributed by atoms with van der Waals surface area (Å²) in [5, 5.41) is 6.07. The highest BCUT2D eigenvalue weighted by Crippen LogP contribution is 2.33. The Bertz CT molecular complexity index is 1000. The van der Waals surface area contributed by atoms with Crippen LogP contribution in [0.15, 0.2) is 18.2 Å². The molecule has 2 saturated heterocycles. The molecule has 2 N–H and O–H groups in total. The van der Waals surface area contributed by atoms with Gasteiger partial charge in [-0.2, -0.15) is 0 Å². The molecule has 9 nitrogen and oxygen atoms in total. The van der Waals surface area contributed by atoms with E-state index >= 15 is 0 Å². The van der Waals surface area contributed by atoms with E-state index in [0.29, 0.717) is 68.4 Å². The number of anilines is 1. The number of nitrogens with one attached hydrogen (secondary N) is 2. The van der Waals surface area contributed by atoms with Gasteiger partial charge in [0.15, 0.2) is 0 Å². The first-order valence-electron chi connectivity index (χ1n) is 14.3. The molecule has 3 heterocycles. The van der Waals surface area contributed by atoms with Crippen molar-refractivity contribution in [2.75, 3.05) is 38.7 Å². The standard InChI is InChI=1S/C29H41N3O6/c1-32-24-9-8-22(16-27(33)30-17-19-5-3-2-4-6-19)38-26(24)18-37-25-10-7-21(15-23(25)29(32)35)31-28(34)20-11-13-36-14-12-20/h7,10,15,19-20,22,24,26H,2-6,8-9,11-14,16-18H2,1H3,(H,30,33)(H,31,34)/t22-,24+,26-/m0/s1. The Balaban J connectivity index is 1.18. The fourth-order valence-corrected chi connectivity index (χ4v) is 6.24. The van der Waals surface area contributed by atoms with Gasteiger partial charge in [0.1, 0.15) is 18.5 Å². The van der Waals surface area contributed by atoms with Gasteiger partial charge in [0.2, 0.25) is 11.8 Å². The van der Waals surface area contributed by atoms with E-state index in [1.54, 1.807) is 30.1 Å². The lowest BCUT2D eigenvalue weighted by Gasteiger charge is -2.42. The minimum atomic E-state index is -0.310. The second kappa shape index (κ2) is 12.5. The topological polar surface area (TPSA) is 106 Å². The summed E-state index contributed by atoms with van der Waals surface area (Å²) in [6.45, 7) is 2.24. The van der Waals surface area contributed by atoms with Crippen molar-refractivity contribution >= 4 is 23.4 Å². The zero-order valence-electron chi connectivity index (χ0n) is 22.4. The summed E-state index contributed by atoms with van der Waals surface area (Å²) >= 11 is 0. The van der Waals surface area contributed by atoms with Crippen LogP contribution in [0, 0.1) is 11.8 Å². The lowest BCUT2D eigenvalue weighted by atomic mass is 9.89. The number of fused-ring (bicyclic) bond motifs is 2. The molecule has 5 rings (SSSR count). The molecule has 0 radical (unpaired) electrons. The monoisotopic (exact) mass is 527 g/mol. The number of amides is 3. The van der Waals surface area contributed by atoms with Crippen LogP contribution in [0.1, 0.15) is 74.6 Å². The summed E-state index contributed by atoms with van der Waals surface area (Å²) in [6.07, 6.45) is 8.93. The van der Waals surface area contributed by atoms with Gasteiger partial charge in [-0.15, -0.1) is 0 Å². The minimum absolute atomic E-state index is 0.0379. The van der Waals surface area contributed by atoms with Crippen molar-refractivity contribution in [2.24, 2.45) is 11.8 Å². The second-order valence-electron chi connectivity index (χ2n) is 11.3. The van der Waals surface area contributed by atoms with Crippen molar-refractivity contribution in [3.8, 4) is 5.75 Å². The van der Waals surface area contributed by atoms with Crippen molar-refractivity contribution in [3.63, 3.8) is 0 Å². The Kier molecular flexibility index (Phi) is 8.84. The van der Waals surface area contributed by atoms with Crippen molar-refractivity contribution in [1.82, 2.24) is 10.2 Å². The van der Waals surface area contributed by atoms with Gasteiger partial charge in [-0.1, -0.05) is 19.3 Å². The van der Waals surface area contributed by atoms with Crippen LogP contribution in [0.2, 0.25) is 0 Å². The van der Waals surface area contributed by atoms with Gasteiger partial charge >= 0.3 is 0 Å². The Morgan fingerprint density at radius 2 is 1.82 bits per heavy atom. The van der Waals surface area contributed by atoms with Crippen LogP contribution >= 0.6 is 0 Å². The van der Waals surface area contributed by atoms with E-state index in [9.17, 15) is 14.4 Å². The van der Waals surface area contributed by atoms with E-state index in [4.69, 9.17) is 14.2 Å². The zero-order chi connectivity index (χ0) is 26.5. The predicted molar refractivity (Wildman–Crippen MR) is 142 cm³/mol. The molecule has 4 aliphatic rings. The first kappa shape index (κ1) is 26.9. The highest BCUT2D eigenvalue weighted by atomic mass is 16.5. The third-order valence-corrected chi connectivity index (χ3v) is 8.60. The quantitative estimate of drug-likeness (QED) is 0.587. The summed E-state index contributed by atoms with van der Waals surface area (Å²) in [5.41, 5.74) is 1.02. The molecule has 3 atom stereocenters. The number of benzene rings is 1. The van der Waals surface area contributed by atoms with Crippen LogP contribution in [-0.2, 0) is 19.1 Å². The molecule has 1 saturated carbocycles. The Labute approximate surface area is 224 Å². The third-order valence-electron chi connectivity index (χ3n) is 8.60. The molecule has 1 aromatic rings. The van der Waals surface area contributed by atoms with Crippen LogP contribution in [0.5, 0.6) is 5.75 Å². The molecule has 0 unspecified atom stereocenters. The largest absolute Gasteiger partial charge is 0.490 e.